The van der Waals surface area contributed by atoms with E-state index in [1.807, 2.05) is 6.92 Å². The van der Waals surface area contributed by atoms with E-state index in [0.29, 0.717) is 29.9 Å². The second-order valence-electron chi connectivity index (χ2n) is 4.94. The van der Waals surface area contributed by atoms with Gasteiger partial charge in [-0.2, -0.15) is 0 Å². The summed E-state index contributed by atoms with van der Waals surface area (Å²) < 4.78 is 10.2. The summed E-state index contributed by atoms with van der Waals surface area (Å²) in [6.07, 6.45) is 1.71. The van der Waals surface area contributed by atoms with Crippen molar-refractivity contribution in [3.8, 4) is 0 Å². The molecule has 23 heavy (non-hydrogen) atoms. The van der Waals surface area contributed by atoms with Crippen molar-refractivity contribution >= 4 is 49.8 Å². The van der Waals surface area contributed by atoms with E-state index >= 15 is 0 Å². The molecule has 6 nitrogen and oxygen atoms in total. The van der Waals surface area contributed by atoms with Crippen molar-refractivity contribution in [1.82, 2.24) is 0 Å². The molecular weight excluding hydrogens is 436 g/mol. The van der Waals surface area contributed by atoms with Gasteiger partial charge < -0.3 is 14.6 Å². The monoisotopic (exact) mass is 460 g/mol. The molecule has 0 atom stereocenters. The Kier molecular flexibility index (Phi) is 16.0. The van der Waals surface area contributed by atoms with Gasteiger partial charge in [-0.25, -0.2) is 0 Å². The fourth-order valence-electron chi connectivity index (χ4n) is 1.12. The van der Waals surface area contributed by atoms with E-state index in [2.05, 4.69) is 31.9 Å². The number of hydrogen-bond donors (Lipinski definition) is 1. The molecule has 0 bridgehead atoms. The minimum absolute atomic E-state index is 0.229. The lowest BCUT2D eigenvalue weighted by molar-refractivity contribution is -0.151. The number of carboxylic acids is 1. The van der Waals surface area contributed by atoms with Crippen LogP contribution in [0.25, 0.3) is 0 Å². The van der Waals surface area contributed by atoms with Gasteiger partial charge in [-0.05, 0) is 6.42 Å². The van der Waals surface area contributed by atoms with Gasteiger partial charge in [-0.1, -0.05) is 52.6 Å². The van der Waals surface area contributed by atoms with Gasteiger partial charge in [-0.3, -0.25) is 14.4 Å². The quantitative estimate of drug-likeness (QED) is 0.395. The summed E-state index contributed by atoms with van der Waals surface area (Å²) in [6, 6.07) is 0. The molecule has 0 aliphatic carbocycles. The fraction of sp³-hybridized carbons (Fsp3) is 0.800. The molecule has 0 aliphatic heterocycles. The lowest BCUT2D eigenvalue weighted by Crippen LogP contribution is -2.37. The maximum absolute atomic E-state index is 11.1. The van der Waals surface area contributed by atoms with E-state index in [1.54, 1.807) is 13.8 Å². The Balaban J connectivity index is 0. The zero-order chi connectivity index (χ0) is 18.3. The number of esters is 2. The molecule has 0 fully saturated rings. The van der Waals surface area contributed by atoms with Crippen LogP contribution in [0, 0.1) is 5.41 Å². The number of alkyl halides is 2. The number of aliphatic carboxylic acids is 1. The summed E-state index contributed by atoms with van der Waals surface area (Å²) in [6.45, 7) is 5.78. The van der Waals surface area contributed by atoms with Gasteiger partial charge in [0.15, 0.2) is 0 Å². The minimum atomic E-state index is -0.711. The second kappa shape index (κ2) is 14.9. The summed E-state index contributed by atoms with van der Waals surface area (Å²) >= 11 is 6.73. The third-order valence-corrected chi connectivity index (χ3v) is 5.07. The van der Waals surface area contributed by atoms with Crippen LogP contribution in [0.1, 0.15) is 46.5 Å². The van der Waals surface area contributed by atoms with Crippen LogP contribution in [0.15, 0.2) is 0 Å². The summed E-state index contributed by atoms with van der Waals surface area (Å²) in [4.78, 5) is 31.8. The zero-order valence-corrected chi connectivity index (χ0v) is 17.1. The third-order valence-electron chi connectivity index (χ3n) is 2.69. The van der Waals surface area contributed by atoms with Crippen LogP contribution in [-0.4, -0.2) is 46.9 Å². The normalized spacial score (nSPS) is 10.3. The molecule has 0 aliphatic rings. The standard InChI is InChI=1S/C11H18Br2O4.C4H8O2/c1-3-9(14)16-7-11(5-12,6-13)8-17-10(15)4-2;1-2-3-4(5)6/h3-8H2,1-2H3;2-3H2,1H3,(H,5,6). The lowest BCUT2D eigenvalue weighted by Gasteiger charge is -2.28. The van der Waals surface area contributed by atoms with Crippen LogP contribution in [0.3, 0.4) is 0 Å². The Labute approximate surface area is 154 Å². The van der Waals surface area contributed by atoms with Gasteiger partial charge in [0.2, 0.25) is 0 Å². The van der Waals surface area contributed by atoms with Crippen molar-refractivity contribution in [1.29, 1.82) is 0 Å². The Morgan fingerprint density at radius 3 is 1.48 bits per heavy atom. The van der Waals surface area contributed by atoms with Crippen LogP contribution in [0.4, 0.5) is 0 Å². The van der Waals surface area contributed by atoms with Crippen molar-refractivity contribution in [2.45, 2.75) is 46.5 Å². The Bertz CT molecular complexity index is 334. The molecule has 0 rings (SSSR count). The molecular formula is C15H26Br2O6. The van der Waals surface area contributed by atoms with Crippen molar-refractivity contribution < 1.29 is 29.0 Å². The number of rotatable bonds is 10. The maximum atomic E-state index is 11.1. The van der Waals surface area contributed by atoms with Crippen molar-refractivity contribution in [3.63, 3.8) is 0 Å². The maximum Gasteiger partial charge on any atom is 0.305 e. The average Bonchev–Trinajstić information content (AvgIpc) is 2.55. The first-order valence-corrected chi connectivity index (χ1v) is 9.70. The molecule has 0 aromatic rings. The molecule has 0 spiro atoms. The minimum Gasteiger partial charge on any atom is -0.481 e. The molecule has 0 saturated heterocycles. The number of halogens is 2. The smallest absolute Gasteiger partial charge is 0.305 e. The number of hydrogen-bond acceptors (Lipinski definition) is 5. The van der Waals surface area contributed by atoms with E-state index in [-0.39, 0.29) is 25.2 Å². The highest BCUT2D eigenvalue weighted by Gasteiger charge is 2.31. The first kappa shape index (κ1) is 24.6. The SMILES string of the molecule is CCC(=O)OCC(CBr)(CBr)COC(=O)CC.CCCC(=O)O. The van der Waals surface area contributed by atoms with Crippen molar-refractivity contribution in [2.75, 3.05) is 23.9 Å². The first-order valence-electron chi connectivity index (χ1n) is 7.45. The average molecular weight is 462 g/mol. The molecule has 136 valence electrons. The predicted molar refractivity (Wildman–Crippen MR) is 95.1 cm³/mol. The van der Waals surface area contributed by atoms with Crippen molar-refractivity contribution in [3.05, 3.63) is 0 Å². The third kappa shape index (κ3) is 13.5. The summed E-state index contributed by atoms with van der Waals surface area (Å²) in [5, 5.41) is 9.08. The van der Waals surface area contributed by atoms with Crippen LogP contribution < -0.4 is 0 Å². The topological polar surface area (TPSA) is 89.9 Å². The van der Waals surface area contributed by atoms with E-state index in [9.17, 15) is 14.4 Å². The van der Waals surface area contributed by atoms with Crippen molar-refractivity contribution in [2.24, 2.45) is 5.41 Å². The highest BCUT2D eigenvalue weighted by molar-refractivity contribution is 9.09. The van der Waals surface area contributed by atoms with Gasteiger partial charge in [0, 0.05) is 29.9 Å². The Hall–Kier alpha value is -0.630. The summed E-state index contributed by atoms with van der Waals surface area (Å²) in [5.74, 6) is -1.21. The van der Waals surface area contributed by atoms with Gasteiger partial charge >= 0.3 is 17.9 Å². The van der Waals surface area contributed by atoms with E-state index in [4.69, 9.17) is 14.6 Å². The molecule has 0 aromatic heterocycles. The van der Waals surface area contributed by atoms with E-state index in [0.717, 1.165) is 6.42 Å². The zero-order valence-electron chi connectivity index (χ0n) is 13.9. The predicted octanol–water partition coefficient (Wildman–Crippen LogP) is 3.54. The first-order chi connectivity index (χ1) is 10.8. The molecule has 0 radical (unpaired) electrons. The van der Waals surface area contributed by atoms with Crippen LogP contribution in [0.5, 0.6) is 0 Å². The molecule has 0 unspecified atom stereocenters. The largest absolute Gasteiger partial charge is 0.481 e. The molecule has 0 heterocycles. The number of carboxylic acid groups (broad SMARTS) is 1. The fourth-order valence-corrected chi connectivity index (χ4v) is 2.69. The Morgan fingerprint density at radius 2 is 1.30 bits per heavy atom. The molecule has 1 N–H and O–H groups in total. The summed E-state index contributed by atoms with van der Waals surface area (Å²) in [5.41, 5.74) is -0.407. The molecule has 0 saturated carbocycles. The molecule has 0 amide bonds. The summed E-state index contributed by atoms with van der Waals surface area (Å²) in [7, 11) is 0. The number of ether oxygens (including phenoxy) is 2. The highest BCUT2D eigenvalue weighted by Crippen LogP contribution is 2.25. The van der Waals surface area contributed by atoms with E-state index in [1.165, 1.54) is 0 Å². The van der Waals surface area contributed by atoms with E-state index < -0.39 is 11.4 Å². The number of carbonyl (C=O) groups is 3. The molecule has 8 heteroatoms. The van der Waals surface area contributed by atoms with Gasteiger partial charge in [0.05, 0.1) is 5.41 Å². The van der Waals surface area contributed by atoms with Gasteiger partial charge in [0.1, 0.15) is 13.2 Å². The van der Waals surface area contributed by atoms with Gasteiger partial charge in [0.25, 0.3) is 0 Å². The van der Waals surface area contributed by atoms with Crippen LogP contribution >= 0.6 is 31.9 Å². The van der Waals surface area contributed by atoms with Crippen LogP contribution in [-0.2, 0) is 23.9 Å². The lowest BCUT2D eigenvalue weighted by atomic mass is 9.96. The number of carbonyl (C=O) groups excluding carboxylic acids is 2. The molecule has 0 aromatic carbocycles. The highest BCUT2D eigenvalue weighted by atomic mass is 79.9. The van der Waals surface area contributed by atoms with Crippen LogP contribution in [0.2, 0.25) is 0 Å². The Morgan fingerprint density at radius 1 is 0.913 bits per heavy atom. The second-order valence-corrected chi connectivity index (χ2v) is 6.06. The van der Waals surface area contributed by atoms with Gasteiger partial charge in [-0.15, -0.1) is 0 Å².